The zero-order valence-electron chi connectivity index (χ0n) is 10.9. The first kappa shape index (κ1) is 11.3. The minimum atomic E-state index is 0.842. The molecule has 2 aromatic carbocycles. The van der Waals surface area contributed by atoms with E-state index >= 15 is 0 Å². The molecule has 1 aliphatic rings. The predicted octanol–water partition coefficient (Wildman–Crippen LogP) is 4.12. The van der Waals surface area contributed by atoms with E-state index in [-0.39, 0.29) is 0 Å². The number of anilines is 1. The van der Waals surface area contributed by atoms with E-state index in [9.17, 15) is 0 Å². The summed E-state index contributed by atoms with van der Waals surface area (Å²) in [6.07, 6.45) is 5.15. The predicted molar refractivity (Wildman–Crippen MR) is 77.7 cm³/mol. The third-order valence-corrected chi connectivity index (χ3v) is 3.91. The van der Waals surface area contributed by atoms with Crippen LogP contribution in [0.25, 0.3) is 11.1 Å². The Balaban J connectivity index is 2.06. The van der Waals surface area contributed by atoms with Gasteiger partial charge in [-0.25, -0.2) is 0 Å². The summed E-state index contributed by atoms with van der Waals surface area (Å²) >= 11 is 0. The fraction of sp³-hybridized carbons (Fsp3) is 0.294. The van der Waals surface area contributed by atoms with Crippen molar-refractivity contribution in [1.82, 2.24) is 0 Å². The molecule has 0 saturated carbocycles. The fourth-order valence-corrected chi connectivity index (χ4v) is 2.91. The molecule has 18 heavy (non-hydrogen) atoms. The highest BCUT2D eigenvalue weighted by molar-refractivity contribution is 5.70. The van der Waals surface area contributed by atoms with Gasteiger partial charge in [0, 0.05) is 5.69 Å². The second kappa shape index (κ2) is 4.49. The lowest BCUT2D eigenvalue weighted by Gasteiger charge is -2.17. The van der Waals surface area contributed by atoms with Crippen LogP contribution in [0.4, 0.5) is 5.69 Å². The van der Waals surface area contributed by atoms with Gasteiger partial charge in [0.1, 0.15) is 0 Å². The molecule has 0 bridgehead atoms. The van der Waals surface area contributed by atoms with Crippen LogP contribution < -0.4 is 5.73 Å². The van der Waals surface area contributed by atoms with Gasteiger partial charge in [-0.05, 0) is 72.6 Å². The molecule has 0 aromatic heterocycles. The molecular weight excluding hydrogens is 218 g/mol. The minimum Gasteiger partial charge on any atom is -0.399 e. The van der Waals surface area contributed by atoms with Crippen LogP contribution >= 0.6 is 0 Å². The average Bonchev–Trinajstić information content (AvgIpc) is 2.38. The van der Waals surface area contributed by atoms with Gasteiger partial charge < -0.3 is 5.73 Å². The Kier molecular flexibility index (Phi) is 2.83. The standard InChI is InChI=1S/C17H19N/c1-12-10-16(18)8-9-17(12)15-7-6-13-4-2-3-5-14(13)11-15/h6-11H,2-5,18H2,1H3. The van der Waals surface area contributed by atoms with Gasteiger partial charge in [-0.2, -0.15) is 0 Å². The van der Waals surface area contributed by atoms with Crippen LogP contribution in [0.3, 0.4) is 0 Å². The molecule has 0 saturated heterocycles. The van der Waals surface area contributed by atoms with Crippen LogP contribution in [0.2, 0.25) is 0 Å². The van der Waals surface area contributed by atoms with Gasteiger partial charge in [0.2, 0.25) is 0 Å². The van der Waals surface area contributed by atoms with Crippen molar-refractivity contribution in [1.29, 1.82) is 0 Å². The molecule has 1 nitrogen and oxygen atoms in total. The molecule has 2 aromatic rings. The monoisotopic (exact) mass is 237 g/mol. The average molecular weight is 237 g/mol. The minimum absolute atomic E-state index is 0.842. The van der Waals surface area contributed by atoms with Crippen molar-refractivity contribution < 1.29 is 0 Å². The molecule has 0 radical (unpaired) electrons. The first-order valence-electron chi connectivity index (χ1n) is 6.72. The Morgan fingerprint density at radius 2 is 1.67 bits per heavy atom. The summed E-state index contributed by atoms with van der Waals surface area (Å²) in [5.74, 6) is 0. The second-order valence-electron chi connectivity index (χ2n) is 5.26. The van der Waals surface area contributed by atoms with Crippen LogP contribution in [0, 0.1) is 6.92 Å². The van der Waals surface area contributed by atoms with Crippen LogP contribution in [0.1, 0.15) is 29.5 Å². The van der Waals surface area contributed by atoms with E-state index < -0.39 is 0 Å². The maximum Gasteiger partial charge on any atom is 0.0317 e. The highest BCUT2D eigenvalue weighted by Crippen LogP contribution is 2.29. The first-order valence-corrected chi connectivity index (χ1v) is 6.72. The summed E-state index contributed by atoms with van der Waals surface area (Å²) in [5.41, 5.74) is 13.6. The van der Waals surface area contributed by atoms with Crippen LogP contribution in [-0.2, 0) is 12.8 Å². The van der Waals surface area contributed by atoms with Gasteiger partial charge >= 0.3 is 0 Å². The van der Waals surface area contributed by atoms with Crippen molar-refractivity contribution >= 4 is 5.69 Å². The lowest BCUT2D eigenvalue weighted by Crippen LogP contribution is -2.02. The number of hydrogen-bond donors (Lipinski definition) is 1. The summed E-state index contributed by atoms with van der Waals surface area (Å²) < 4.78 is 0. The molecule has 1 aliphatic carbocycles. The topological polar surface area (TPSA) is 26.0 Å². The van der Waals surface area contributed by atoms with Gasteiger partial charge in [-0.3, -0.25) is 0 Å². The Labute approximate surface area is 109 Å². The third-order valence-electron chi connectivity index (χ3n) is 3.91. The van der Waals surface area contributed by atoms with E-state index in [1.807, 2.05) is 6.07 Å². The largest absolute Gasteiger partial charge is 0.399 e. The summed E-state index contributed by atoms with van der Waals surface area (Å²) in [5, 5.41) is 0. The molecule has 0 fully saturated rings. The van der Waals surface area contributed by atoms with Crippen molar-refractivity contribution in [3.63, 3.8) is 0 Å². The quantitative estimate of drug-likeness (QED) is 0.742. The SMILES string of the molecule is Cc1cc(N)ccc1-c1ccc2c(c1)CCCC2. The van der Waals surface area contributed by atoms with Crippen molar-refractivity contribution in [3.05, 3.63) is 53.1 Å². The van der Waals surface area contributed by atoms with Gasteiger partial charge in [-0.1, -0.05) is 24.3 Å². The number of aryl methyl sites for hydroxylation is 3. The van der Waals surface area contributed by atoms with Crippen molar-refractivity contribution in [3.8, 4) is 11.1 Å². The maximum absolute atomic E-state index is 5.82. The Morgan fingerprint density at radius 3 is 2.44 bits per heavy atom. The zero-order chi connectivity index (χ0) is 12.5. The second-order valence-corrected chi connectivity index (χ2v) is 5.26. The maximum atomic E-state index is 5.82. The smallest absolute Gasteiger partial charge is 0.0317 e. The normalized spacial score (nSPS) is 14.3. The lowest BCUT2D eigenvalue weighted by molar-refractivity contribution is 0.686. The Hall–Kier alpha value is -1.76. The highest BCUT2D eigenvalue weighted by Gasteiger charge is 2.11. The first-order chi connectivity index (χ1) is 8.74. The van der Waals surface area contributed by atoms with E-state index in [1.165, 1.54) is 53.5 Å². The zero-order valence-corrected chi connectivity index (χ0v) is 10.9. The molecule has 0 heterocycles. The van der Waals surface area contributed by atoms with Crippen LogP contribution in [-0.4, -0.2) is 0 Å². The molecule has 0 unspecified atom stereocenters. The molecule has 0 spiro atoms. The Bertz CT molecular complexity index is 584. The molecule has 1 heteroatoms. The molecule has 0 amide bonds. The molecular formula is C17H19N. The van der Waals surface area contributed by atoms with Crippen molar-refractivity contribution in [2.24, 2.45) is 0 Å². The van der Waals surface area contributed by atoms with E-state index in [4.69, 9.17) is 5.73 Å². The van der Waals surface area contributed by atoms with Gasteiger partial charge in [0.05, 0.1) is 0 Å². The van der Waals surface area contributed by atoms with E-state index in [0.717, 1.165) is 5.69 Å². The Morgan fingerprint density at radius 1 is 0.889 bits per heavy atom. The number of rotatable bonds is 1. The molecule has 0 atom stereocenters. The molecule has 92 valence electrons. The van der Waals surface area contributed by atoms with E-state index in [0.29, 0.717) is 0 Å². The fourth-order valence-electron chi connectivity index (χ4n) is 2.91. The number of fused-ring (bicyclic) bond motifs is 1. The third kappa shape index (κ3) is 2.01. The van der Waals surface area contributed by atoms with Crippen molar-refractivity contribution in [2.75, 3.05) is 5.73 Å². The summed E-state index contributed by atoms with van der Waals surface area (Å²) in [4.78, 5) is 0. The van der Waals surface area contributed by atoms with Gasteiger partial charge in [-0.15, -0.1) is 0 Å². The molecule has 3 rings (SSSR count). The van der Waals surface area contributed by atoms with Crippen LogP contribution in [0.5, 0.6) is 0 Å². The molecule has 0 aliphatic heterocycles. The van der Waals surface area contributed by atoms with E-state index in [2.05, 4.69) is 37.3 Å². The lowest BCUT2D eigenvalue weighted by atomic mass is 9.88. The molecule has 2 N–H and O–H groups in total. The van der Waals surface area contributed by atoms with Gasteiger partial charge in [0.25, 0.3) is 0 Å². The van der Waals surface area contributed by atoms with Crippen LogP contribution in [0.15, 0.2) is 36.4 Å². The van der Waals surface area contributed by atoms with Gasteiger partial charge in [0.15, 0.2) is 0 Å². The number of benzene rings is 2. The van der Waals surface area contributed by atoms with E-state index in [1.54, 1.807) is 0 Å². The number of nitrogen functional groups attached to an aromatic ring is 1. The summed E-state index contributed by atoms with van der Waals surface area (Å²) in [6, 6.07) is 13.1. The summed E-state index contributed by atoms with van der Waals surface area (Å²) in [7, 11) is 0. The summed E-state index contributed by atoms with van der Waals surface area (Å²) in [6.45, 7) is 2.13. The highest BCUT2D eigenvalue weighted by atomic mass is 14.5. The number of nitrogens with two attached hydrogens (primary N) is 1. The van der Waals surface area contributed by atoms with Crippen molar-refractivity contribution in [2.45, 2.75) is 32.6 Å². The number of hydrogen-bond acceptors (Lipinski definition) is 1.